The van der Waals surface area contributed by atoms with Crippen molar-refractivity contribution in [1.82, 2.24) is 15.8 Å². The van der Waals surface area contributed by atoms with Gasteiger partial charge in [0.2, 0.25) is 0 Å². The Morgan fingerprint density at radius 1 is 1.36 bits per heavy atom. The van der Waals surface area contributed by atoms with Gasteiger partial charge in [0.05, 0.1) is 5.69 Å². The lowest BCUT2D eigenvalue weighted by Gasteiger charge is -2.28. The van der Waals surface area contributed by atoms with Crippen LogP contribution in [0.1, 0.15) is 49.6 Å². The van der Waals surface area contributed by atoms with Gasteiger partial charge in [0, 0.05) is 24.3 Å². The minimum atomic E-state index is -0.119. The van der Waals surface area contributed by atoms with E-state index in [-0.39, 0.29) is 24.7 Å². The quantitative estimate of drug-likeness (QED) is 0.777. The minimum Gasteiger partial charge on any atom is -0.396 e. The molecule has 0 spiro atoms. The number of aliphatic hydroxyl groups is 1. The Hall–Kier alpha value is -1.56. The highest BCUT2D eigenvalue weighted by atomic mass is 16.5. The summed E-state index contributed by atoms with van der Waals surface area (Å²) in [4.78, 5) is 12.1. The van der Waals surface area contributed by atoms with Gasteiger partial charge in [-0.15, -0.1) is 0 Å². The molecule has 0 bridgehead atoms. The number of aryl methyl sites for hydroxylation is 2. The topological polar surface area (TPSA) is 87.4 Å². The molecule has 1 unspecified atom stereocenters. The summed E-state index contributed by atoms with van der Waals surface area (Å²) >= 11 is 0. The van der Waals surface area contributed by atoms with E-state index in [2.05, 4.69) is 15.8 Å². The second-order valence-electron chi connectivity index (χ2n) is 6.43. The van der Waals surface area contributed by atoms with Gasteiger partial charge in [-0.05, 0) is 58.8 Å². The number of rotatable bonds is 5. The zero-order valence-corrected chi connectivity index (χ0v) is 13.7. The van der Waals surface area contributed by atoms with Gasteiger partial charge in [-0.2, -0.15) is 0 Å². The van der Waals surface area contributed by atoms with Crippen molar-refractivity contribution in [1.29, 1.82) is 0 Å². The third-order valence-corrected chi connectivity index (χ3v) is 4.51. The highest BCUT2D eigenvalue weighted by Crippen LogP contribution is 2.23. The number of carbonyl (C=O) groups excluding carboxylic acids is 1. The highest BCUT2D eigenvalue weighted by Gasteiger charge is 2.22. The average molecular weight is 309 g/mol. The van der Waals surface area contributed by atoms with E-state index in [1.165, 1.54) is 0 Å². The molecule has 6 nitrogen and oxygen atoms in total. The fourth-order valence-electron chi connectivity index (χ4n) is 3.09. The predicted molar refractivity (Wildman–Crippen MR) is 83.6 cm³/mol. The number of amides is 2. The monoisotopic (exact) mass is 309 g/mol. The molecule has 1 aliphatic rings. The Balaban J connectivity index is 1.75. The lowest BCUT2D eigenvalue weighted by atomic mass is 9.87. The van der Waals surface area contributed by atoms with Crippen molar-refractivity contribution in [3.05, 3.63) is 17.0 Å². The molecule has 2 amide bonds. The van der Waals surface area contributed by atoms with E-state index in [1.54, 1.807) is 0 Å². The number of aromatic nitrogens is 1. The maximum atomic E-state index is 12.1. The molecule has 1 fully saturated rings. The van der Waals surface area contributed by atoms with Crippen molar-refractivity contribution >= 4 is 6.03 Å². The smallest absolute Gasteiger partial charge is 0.315 e. The van der Waals surface area contributed by atoms with Crippen LogP contribution in [0.2, 0.25) is 0 Å². The first-order chi connectivity index (χ1) is 10.5. The summed E-state index contributed by atoms with van der Waals surface area (Å²) in [7, 11) is 0. The molecular formula is C16H27N3O3. The fraction of sp³-hybridized carbons (Fsp3) is 0.750. The van der Waals surface area contributed by atoms with E-state index in [4.69, 9.17) is 9.63 Å². The molecule has 1 aromatic heterocycles. The molecule has 124 valence electrons. The van der Waals surface area contributed by atoms with Crippen LogP contribution in [0.3, 0.4) is 0 Å². The van der Waals surface area contributed by atoms with E-state index >= 15 is 0 Å². The number of nitrogens with zero attached hydrogens (tertiary/aromatic N) is 1. The molecule has 1 aliphatic carbocycles. The summed E-state index contributed by atoms with van der Waals surface area (Å²) in [5.41, 5.74) is 1.95. The van der Waals surface area contributed by atoms with Gasteiger partial charge in [-0.3, -0.25) is 0 Å². The third kappa shape index (κ3) is 4.47. The summed E-state index contributed by atoms with van der Waals surface area (Å²) in [6.07, 6.45) is 4.56. The second kappa shape index (κ2) is 7.63. The van der Waals surface area contributed by atoms with Crippen LogP contribution >= 0.6 is 0 Å². The van der Waals surface area contributed by atoms with Crippen LogP contribution in [0.25, 0.3) is 0 Å². The number of urea groups is 1. The van der Waals surface area contributed by atoms with Crippen LogP contribution < -0.4 is 10.6 Å². The molecule has 6 heteroatoms. The van der Waals surface area contributed by atoms with Gasteiger partial charge in [-0.1, -0.05) is 5.16 Å². The predicted octanol–water partition coefficient (Wildman–Crippen LogP) is 2.07. The van der Waals surface area contributed by atoms with Crippen LogP contribution in [0.15, 0.2) is 4.52 Å². The summed E-state index contributed by atoms with van der Waals surface area (Å²) in [5.74, 6) is 1.22. The van der Waals surface area contributed by atoms with Crippen molar-refractivity contribution in [2.45, 2.75) is 65.0 Å². The molecule has 1 heterocycles. The Labute approximate surface area is 131 Å². The molecule has 2 rings (SSSR count). The Morgan fingerprint density at radius 3 is 2.59 bits per heavy atom. The van der Waals surface area contributed by atoms with Crippen LogP contribution in [0.5, 0.6) is 0 Å². The number of aliphatic hydroxyl groups excluding tert-OH is 1. The Kier molecular flexibility index (Phi) is 5.83. The number of hydrogen-bond donors (Lipinski definition) is 3. The molecular weight excluding hydrogens is 282 g/mol. The molecule has 1 saturated carbocycles. The fourth-order valence-corrected chi connectivity index (χ4v) is 3.09. The van der Waals surface area contributed by atoms with Gasteiger partial charge in [0.1, 0.15) is 5.76 Å². The molecule has 22 heavy (non-hydrogen) atoms. The standard InChI is InChI=1S/C16H27N3O3/c1-10(8-15-11(2)19-22-12(15)3)17-16(21)18-14-6-4-13(9-20)5-7-14/h10,13-14,20H,4-9H2,1-3H3,(H2,17,18,21). The Bertz CT molecular complexity index is 473. The molecule has 1 aromatic rings. The molecule has 0 saturated heterocycles. The largest absolute Gasteiger partial charge is 0.396 e. The summed E-state index contributed by atoms with van der Waals surface area (Å²) in [5, 5.41) is 19.1. The van der Waals surface area contributed by atoms with E-state index < -0.39 is 0 Å². The molecule has 0 aliphatic heterocycles. The first-order valence-corrected chi connectivity index (χ1v) is 8.09. The normalized spacial score (nSPS) is 23.1. The average Bonchev–Trinajstić information content (AvgIpc) is 2.79. The minimum absolute atomic E-state index is 0.0191. The van der Waals surface area contributed by atoms with Crippen LogP contribution in [-0.4, -0.2) is 35.0 Å². The van der Waals surface area contributed by atoms with Crippen molar-refractivity contribution in [2.24, 2.45) is 5.92 Å². The van der Waals surface area contributed by atoms with Crippen molar-refractivity contribution < 1.29 is 14.4 Å². The summed E-state index contributed by atoms with van der Waals surface area (Å²) in [6.45, 7) is 6.04. The third-order valence-electron chi connectivity index (χ3n) is 4.51. The van der Waals surface area contributed by atoms with Crippen LogP contribution in [-0.2, 0) is 6.42 Å². The van der Waals surface area contributed by atoms with E-state index in [9.17, 15) is 4.79 Å². The van der Waals surface area contributed by atoms with Crippen molar-refractivity contribution in [3.8, 4) is 0 Å². The lowest BCUT2D eigenvalue weighted by molar-refractivity contribution is 0.174. The SMILES string of the molecule is Cc1noc(C)c1CC(C)NC(=O)NC1CCC(CO)CC1. The number of nitrogens with one attached hydrogen (secondary N) is 2. The summed E-state index contributed by atoms with van der Waals surface area (Å²) in [6, 6.07) is 0.117. The van der Waals surface area contributed by atoms with Crippen molar-refractivity contribution in [2.75, 3.05) is 6.61 Å². The maximum absolute atomic E-state index is 12.1. The second-order valence-corrected chi connectivity index (χ2v) is 6.43. The van der Waals surface area contributed by atoms with Gasteiger partial charge < -0.3 is 20.3 Å². The lowest BCUT2D eigenvalue weighted by Crippen LogP contribution is -2.47. The molecule has 0 aromatic carbocycles. The van der Waals surface area contributed by atoms with Gasteiger partial charge in [0.25, 0.3) is 0 Å². The Morgan fingerprint density at radius 2 is 2.05 bits per heavy atom. The first kappa shape index (κ1) is 16.8. The van der Waals surface area contributed by atoms with Crippen LogP contribution in [0, 0.1) is 19.8 Å². The number of hydrogen-bond acceptors (Lipinski definition) is 4. The maximum Gasteiger partial charge on any atom is 0.315 e. The molecule has 1 atom stereocenters. The summed E-state index contributed by atoms with van der Waals surface area (Å²) < 4.78 is 5.14. The first-order valence-electron chi connectivity index (χ1n) is 8.09. The van der Waals surface area contributed by atoms with Crippen molar-refractivity contribution in [3.63, 3.8) is 0 Å². The zero-order chi connectivity index (χ0) is 16.1. The van der Waals surface area contributed by atoms with Crippen LogP contribution in [0.4, 0.5) is 4.79 Å². The van der Waals surface area contributed by atoms with Gasteiger partial charge >= 0.3 is 6.03 Å². The van der Waals surface area contributed by atoms with E-state index in [1.807, 2.05) is 20.8 Å². The number of carbonyl (C=O) groups is 1. The van der Waals surface area contributed by atoms with E-state index in [0.717, 1.165) is 42.7 Å². The zero-order valence-electron chi connectivity index (χ0n) is 13.7. The molecule has 3 N–H and O–H groups in total. The van der Waals surface area contributed by atoms with E-state index in [0.29, 0.717) is 12.3 Å². The highest BCUT2D eigenvalue weighted by molar-refractivity contribution is 5.74. The van der Waals surface area contributed by atoms with Gasteiger partial charge in [0.15, 0.2) is 0 Å². The van der Waals surface area contributed by atoms with Gasteiger partial charge in [-0.25, -0.2) is 4.79 Å². The molecule has 0 radical (unpaired) electrons.